The smallest absolute Gasteiger partial charge is 0.239 e. The molecule has 5 heteroatoms. The molecule has 1 saturated heterocycles. The van der Waals surface area contributed by atoms with E-state index in [9.17, 15) is 9.59 Å². The van der Waals surface area contributed by atoms with E-state index in [2.05, 4.69) is 12.1 Å². The van der Waals surface area contributed by atoms with E-state index in [1.807, 2.05) is 23.1 Å². The summed E-state index contributed by atoms with van der Waals surface area (Å²) in [4.78, 5) is 27.4. The lowest BCUT2D eigenvalue weighted by molar-refractivity contribution is -0.133. The van der Waals surface area contributed by atoms with Gasteiger partial charge in [0.05, 0.1) is 10.7 Å². The van der Waals surface area contributed by atoms with Crippen molar-refractivity contribution in [3.63, 3.8) is 0 Å². The zero-order valence-electron chi connectivity index (χ0n) is 12.7. The first-order valence-corrected chi connectivity index (χ1v) is 8.75. The van der Waals surface area contributed by atoms with Crippen LogP contribution in [0.3, 0.4) is 0 Å². The molecule has 2 aliphatic rings. The van der Waals surface area contributed by atoms with Gasteiger partial charge in [0.15, 0.2) is 0 Å². The molecule has 1 aliphatic carbocycles. The van der Waals surface area contributed by atoms with Crippen LogP contribution in [0.1, 0.15) is 32.1 Å². The fourth-order valence-corrected chi connectivity index (χ4v) is 4.94. The lowest BCUT2D eigenvalue weighted by Crippen LogP contribution is -2.44. The monoisotopic (exact) mass is 318 g/mol. The fourth-order valence-electron chi connectivity index (χ4n) is 3.48. The topological polar surface area (TPSA) is 63.4 Å². The Morgan fingerprint density at radius 1 is 1.18 bits per heavy atom. The van der Waals surface area contributed by atoms with Gasteiger partial charge in [-0.1, -0.05) is 31.0 Å². The second-order valence-electron chi connectivity index (χ2n) is 6.26. The molecule has 1 aromatic carbocycles. The average Bonchev–Trinajstić information content (AvgIpc) is 3.17. The van der Waals surface area contributed by atoms with Crippen molar-refractivity contribution in [1.29, 1.82) is 0 Å². The van der Waals surface area contributed by atoms with Crippen LogP contribution in [0.5, 0.6) is 0 Å². The van der Waals surface area contributed by atoms with Crippen molar-refractivity contribution in [3.8, 4) is 0 Å². The molecule has 0 bridgehead atoms. The maximum atomic E-state index is 13.1. The van der Waals surface area contributed by atoms with Crippen LogP contribution in [0, 0.1) is 5.92 Å². The summed E-state index contributed by atoms with van der Waals surface area (Å²) < 4.78 is -0.353. The maximum absolute atomic E-state index is 13.1. The Labute approximate surface area is 135 Å². The minimum atomic E-state index is -0.353. The zero-order chi connectivity index (χ0) is 15.6. The number of thioether (sulfide) groups is 1. The highest BCUT2D eigenvalue weighted by Gasteiger charge is 2.46. The van der Waals surface area contributed by atoms with Gasteiger partial charge in [0.2, 0.25) is 11.8 Å². The third-order valence-electron chi connectivity index (χ3n) is 4.74. The molecule has 1 atom stereocenters. The summed E-state index contributed by atoms with van der Waals surface area (Å²) in [5.74, 6) is -0.266. The second kappa shape index (κ2) is 6.32. The van der Waals surface area contributed by atoms with Crippen LogP contribution < -0.4 is 5.73 Å². The summed E-state index contributed by atoms with van der Waals surface area (Å²) in [6, 6.07) is 10.1. The largest absolute Gasteiger partial charge is 0.369 e. The highest BCUT2D eigenvalue weighted by Crippen LogP contribution is 2.47. The number of carbonyl (C=O) groups is 2. The van der Waals surface area contributed by atoms with Gasteiger partial charge in [-0.3, -0.25) is 9.59 Å². The van der Waals surface area contributed by atoms with E-state index in [1.54, 1.807) is 11.8 Å². The lowest BCUT2D eigenvalue weighted by Gasteiger charge is -2.32. The van der Waals surface area contributed by atoms with Crippen LogP contribution in [0.15, 0.2) is 35.2 Å². The summed E-state index contributed by atoms with van der Waals surface area (Å²) >= 11 is 1.70. The van der Waals surface area contributed by atoms with Crippen molar-refractivity contribution in [2.45, 2.75) is 41.7 Å². The summed E-state index contributed by atoms with van der Waals surface area (Å²) in [6.07, 6.45) is 4.73. The molecule has 0 spiro atoms. The van der Waals surface area contributed by atoms with Crippen molar-refractivity contribution in [2.75, 3.05) is 13.1 Å². The molecule has 1 aliphatic heterocycles. The zero-order valence-corrected chi connectivity index (χ0v) is 13.5. The van der Waals surface area contributed by atoms with Gasteiger partial charge >= 0.3 is 0 Å². The molecule has 2 N–H and O–H groups in total. The molecule has 2 fully saturated rings. The minimum Gasteiger partial charge on any atom is -0.369 e. The SMILES string of the molecule is NC(=O)[C@H]1CCN(C(=O)C2(Sc3ccccc3)CCCC2)C1. The number of carbonyl (C=O) groups excluding carboxylic acids is 2. The Bertz CT molecular complexity index is 555. The molecule has 0 aromatic heterocycles. The number of likely N-dealkylation sites (tertiary alicyclic amines) is 1. The molecule has 4 nitrogen and oxygen atoms in total. The molecule has 118 valence electrons. The van der Waals surface area contributed by atoms with Gasteiger partial charge in [-0.2, -0.15) is 0 Å². The van der Waals surface area contributed by atoms with E-state index in [-0.39, 0.29) is 22.5 Å². The third kappa shape index (κ3) is 3.00. The van der Waals surface area contributed by atoms with E-state index in [0.29, 0.717) is 19.5 Å². The van der Waals surface area contributed by atoms with Gasteiger partial charge in [0.25, 0.3) is 0 Å². The van der Waals surface area contributed by atoms with Gasteiger partial charge in [0, 0.05) is 18.0 Å². The van der Waals surface area contributed by atoms with Gasteiger partial charge in [0.1, 0.15) is 0 Å². The number of nitrogens with two attached hydrogens (primary N) is 1. The van der Waals surface area contributed by atoms with Crippen molar-refractivity contribution in [2.24, 2.45) is 11.7 Å². The highest BCUT2D eigenvalue weighted by molar-refractivity contribution is 8.01. The standard InChI is InChI=1S/C17H22N2O2S/c18-15(20)13-8-11-19(12-13)16(21)17(9-4-5-10-17)22-14-6-2-1-3-7-14/h1-3,6-7,13H,4-5,8-12H2,(H2,18,20)/t13-/m0/s1. The van der Waals surface area contributed by atoms with Crippen LogP contribution in [-0.4, -0.2) is 34.6 Å². The number of primary amides is 1. The molecular formula is C17H22N2O2S. The first kappa shape index (κ1) is 15.4. The quantitative estimate of drug-likeness (QED) is 0.927. The van der Waals surface area contributed by atoms with Gasteiger partial charge < -0.3 is 10.6 Å². The molecule has 0 radical (unpaired) electrons. The number of rotatable bonds is 4. The highest BCUT2D eigenvalue weighted by atomic mass is 32.2. The Kier molecular flexibility index (Phi) is 4.43. The number of benzene rings is 1. The van der Waals surface area contributed by atoms with E-state index >= 15 is 0 Å². The first-order valence-electron chi connectivity index (χ1n) is 7.93. The summed E-state index contributed by atoms with van der Waals surface area (Å²) in [5, 5.41) is 0. The molecule has 1 saturated carbocycles. The normalized spacial score (nSPS) is 23.6. The van der Waals surface area contributed by atoms with Crippen LogP contribution in [0.2, 0.25) is 0 Å². The van der Waals surface area contributed by atoms with Crippen LogP contribution in [0.25, 0.3) is 0 Å². The third-order valence-corrected chi connectivity index (χ3v) is 6.22. The average molecular weight is 318 g/mol. The predicted molar refractivity (Wildman–Crippen MR) is 87.4 cm³/mol. The van der Waals surface area contributed by atoms with E-state index in [4.69, 9.17) is 5.73 Å². The molecule has 22 heavy (non-hydrogen) atoms. The molecule has 0 unspecified atom stereocenters. The van der Waals surface area contributed by atoms with Crippen LogP contribution in [-0.2, 0) is 9.59 Å². The predicted octanol–water partition coefficient (Wildman–Crippen LogP) is 2.43. The Balaban J connectivity index is 1.76. The number of amides is 2. The second-order valence-corrected chi connectivity index (χ2v) is 7.71. The first-order chi connectivity index (χ1) is 10.6. The van der Waals surface area contributed by atoms with E-state index in [1.165, 1.54) is 0 Å². The Morgan fingerprint density at radius 2 is 1.86 bits per heavy atom. The fraction of sp³-hybridized carbons (Fsp3) is 0.529. The van der Waals surface area contributed by atoms with E-state index in [0.717, 1.165) is 30.6 Å². The summed E-state index contributed by atoms with van der Waals surface area (Å²) in [6.45, 7) is 1.15. The van der Waals surface area contributed by atoms with Crippen LogP contribution >= 0.6 is 11.8 Å². The number of hydrogen-bond donors (Lipinski definition) is 1. The van der Waals surface area contributed by atoms with Crippen LogP contribution in [0.4, 0.5) is 0 Å². The Hall–Kier alpha value is -1.49. The molecular weight excluding hydrogens is 296 g/mol. The van der Waals surface area contributed by atoms with Crippen molar-refractivity contribution in [3.05, 3.63) is 30.3 Å². The van der Waals surface area contributed by atoms with Gasteiger partial charge in [-0.15, -0.1) is 11.8 Å². The van der Waals surface area contributed by atoms with Gasteiger partial charge in [-0.25, -0.2) is 0 Å². The summed E-state index contributed by atoms with van der Waals surface area (Å²) in [5.41, 5.74) is 5.39. The van der Waals surface area contributed by atoms with Gasteiger partial charge in [-0.05, 0) is 31.4 Å². The molecule has 1 aromatic rings. The Morgan fingerprint density at radius 3 is 2.45 bits per heavy atom. The number of nitrogens with zero attached hydrogens (tertiary/aromatic N) is 1. The number of hydrogen-bond acceptors (Lipinski definition) is 3. The summed E-state index contributed by atoms with van der Waals surface area (Å²) in [7, 11) is 0. The lowest BCUT2D eigenvalue weighted by atomic mass is 10.1. The molecule has 1 heterocycles. The van der Waals surface area contributed by atoms with Crippen molar-refractivity contribution < 1.29 is 9.59 Å². The maximum Gasteiger partial charge on any atom is 0.239 e. The van der Waals surface area contributed by atoms with E-state index < -0.39 is 0 Å². The molecule has 2 amide bonds. The minimum absolute atomic E-state index is 0.177. The van der Waals surface area contributed by atoms with Crippen molar-refractivity contribution in [1.82, 2.24) is 4.90 Å². The molecule has 3 rings (SSSR count). The van der Waals surface area contributed by atoms with Crippen molar-refractivity contribution >= 4 is 23.6 Å².